The fourth-order valence-corrected chi connectivity index (χ4v) is 2.30. The number of likely N-dealkylation sites (N-methyl/N-ethyl adjacent to an activating group) is 1. The average Bonchev–Trinajstić information content (AvgIpc) is 2.86. The van der Waals surface area contributed by atoms with Gasteiger partial charge in [0.25, 0.3) is 11.1 Å². The van der Waals surface area contributed by atoms with E-state index < -0.39 is 16.7 Å². The second kappa shape index (κ2) is 4.65. The number of amides is 2. The molecule has 0 spiro atoms. The molecule has 2 heterocycles. The SMILES string of the molecule is CCN1C(=O)S/C(=C\c2ccc([N+](=O)[O-])o2)C1=O. The summed E-state index contributed by atoms with van der Waals surface area (Å²) in [6, 6.07) is 2.56. The summed E-state index contributed by atoms with van der Waals surface area (Å²) in [4.78, 5) is 34.2. The highest BCUT2D eigenvalue weighted by Crippen LogP contribution is 2.32. The van der Waals surface area contributed by atoms with Crippen molar-refractivity contribution < 1.29 is 18.9 Å². The molecular weight excluding hydrogens is 260 g/mol. The van der Waals surface area contributed by atoms with Crippen molar-refractivity contribution in [3.05, 3.63) is 32.9 Å². The normalized spacial score (nSPS) is 17.8. The molecule has 0 N–H and O–H groups in total. The lowest BCUT2D eigenvalue weighted by atomic mass is 10.3. The van der Waals surface area contributed by atoms with Crippen LogP contribution in [0.1, 0.15) is 12.7 Å². The Morgan fingerprint density at radius 2 is 2.22 bits per heavy atom. The molecular formula is C10H8N2O5S. The molecule has 0 aromatic carbocycles. The van der Waals surface area contributed by atoms with Crippen LogP contribution in [0.3, 0.4) is 0 Å². The van der Waals surface area contributed by atoms with Crippen molar-refractivity contribution in [2.45, 2.75) is 6.92 Å². The lowest BCUT2D eigenvalue weighted by molar-refractivity contribution is -0.402. The molecule has 8 heteroatoms. The van der Waals surface area contributed by atoms with Gasteiger partial charge in [0.15, 0.2) is 0 Å². The Kier molecular flexibility index (Phi) is 3.19. The van der Waals surface area contributed by atoms with Gasteiger partial charge in [0.1, 0.15) is 10.7 Å². The van der Waals surface area contributed by atoms with Crippen LogP contribution in [0, 0.1) is 10.1 Å². The topological polar surface area (TPSA) is 93.7 Å². The average molecular weight is 268 g/mol. The lowest BCUT2D eigenvalue weighted by Crippen LogP contribution is -2.27. The number of hydrogen-bond donors (Lipinski definition) is 0. The first kappa shape index (κ1) is 12.4. The van der Waals surface area contributed by atoms with E-state index in [1.54, 1.807) is 6.92 Å². The van der Waals surface area contributed by atoms with Gasteiger partial charge in [-0.2, -0.15) is 0 Å². The van der Waals surface area contributed by atoms with Gasteiger partial charge >= 0.3 is 5.88 Å². The van der Waals surface area contributed by atoms with Crippen LogP contribution >= 0.6 is 11.8 Å². The number of hydrogen-bond acceptors (Lipinski definition) is 6. The summed E-state index contributed by atoms with van der Waals surface area (Å²) in [5.74, 6) is -0.647. The number of furan rings is 1. The van der Waals surface area contributed by atoms with E-state index in [1.807, 2.05) is 0 Å². The van der Waals surface area contributed by atoms with E-state index in [1.165, 1.54) is 18.2 Å². The molecule has 0 aliphatic carbocycles. The number of nitro groups is 1. The monoisotopic (exact) mass is 268 g/mol. The van der Waals surface area contributed by atoms with E-state index in [9.17, 15) is 19.7 Å². The molecule has 1 aromatic heterocycles. The zero-order chi connectivity index (χ0) is 13.3. The summed E-state index contributed by atoms with van der Waals surface area (Å²) in [5.41, 5.74) is 0. The Morgan fingerprint density at radius 3 is 2.72 bits per heavy atom. The minimum absolute atomic E-state index is 0.170. The van der Waals surface area contributed by atoms with Gasteiger partial charge in [0.05, 0.1) is 11.0 Å². The van der Waals surface area contributed by atoms with E-state index in [0.29, 0.717) is 6.54 Å². The van der Waals surface area contributed by atoms with E-state index in [-0.39, 0.29) is 15.9 Å². The van der Waals surface area contributed by atoms with Crippen molar-refractivity contribution in [2.24, 2.45) is 0 Å². The number of nitrogens with zero attached hydrogens (tertiary/aromatic N) is 2. The van der Waals surface area contributed by atoms with Crippen LogP contribution in [0.4, 0.5) is 10.7 Å². The summed E-state index contributed by atoms with van der Waals surface area (Å²) in [6.45, 7) is 1.98. The van der Waals surface area contributed by atoms with Crippen molar-refractivity contribution >= 4 is 34.9 Å². The van der Waals surface area contributed by atoms with Gasteiger partial charge in [0.2, 0.25) is 0 Å². The predicted octanol–water partition coefficient (Wildman–Crippen LogP) is 2.24. The molecule has 7 nitrogen and oxygen atoms in total. The number of carbonyl (C=O) groups excluding carboxylic acids is 2. The summed E-state index contributed by atoms with van der Waals surface area (Å²) in [6.07, 6.45) is 1.33. The molecule has 0 radical (unpaired) electrons. The van der Waals surface area contributed by atoms with Crippen molar-refractivity contribution in [1.82, 2.24) is 4.90 Å². The molecule has 1 saturated heterocycles. The predicted molar refractivity (Wildman–Crippen MR) is 63.7 cm³/mol. The minimum atomic E-state index is -0.672. The molecule has 1 fully saturated rings. The van der Waals surface area contributed by atoms with Gasteiger partial charge in [-0.1, -0.05) is 0 Å². The first-order valence-corrected chi connectivity index (χ1v) is 5.84. The molecule has 0 atom stereocenters. The fraction of sp³-hybridized carbons (Fsp3) is 0.200. The molecule has 0 saturated carbocycles. The standard InChI is InChI=1S/C10H8N2O5S/c1-2-11-9(13)7(18-10(11)14)5-6-3-4-8(17-6)12(15)16/h3-5H,2H2,1H3/b7-5-. The van der Waals surface area contributed by atoms with Crippen molar-refractivity contribution in [1.29, 1.82) is 0 Å². The smallest absolute Gasteiger partial charge is 0.401 e. The zero-order valence-electron chi connectivity index (χ0n) is 9.28. The Bertz CT molecular complexity index is 562. The van der Waals surface area contributed by atoms with Crippen LogP contribution in [0.2, 0.25) is 0 Å². The van der Waals surface area contributed by atoms with Gasteiger partial charge in [0, 0.05) is 12.6 Å². The summed E-state index contributed by atoms with van der Waals surface area (Å²) < 4.78 is 4.89. The highest BCUT2D eigenvalue weighted by Gasteiger charge is 2.34. The van der Waals surface area contributed by atoms with Gasteiger partial charge in [-0.05, 0) is 24.8 Å². The Labute approximate surface area is 106 Å². The third-order valence-corrected chi connectivity index (χ3v) is 3.16. The molecule has 2 amide bonds. The highest BCUT2D eigenvalue weighted by atomic mass is 32.2. The Morgan fingerprint density at radius 1 is 1.50 bits per heavy atom. The number of thioether (sulfide) groups is 1. The van der Waals surface area contributed by atoms with Crippen LogP contribution in [0.5, 0.6) is 0 Å². The largest absolute Gasteiger partial charge is 0.433 e. The molecule has 1 aliphatic heterocycles. The van der Waals surface area contributed by atoms with Gasteiger partial charge in [-0.3, -0.25) is 24.6 Å². The molecule has 18 heavy (non-hydrogen) atoms. The molecule has 0 bridgehead atoms. The molecule has 1 aromatic rings. The maximum atomic E-state index is 11.7. The number of carbonyl (C=O) groups is 2. The molecule has 2 rings (SSSR count). The molecule has 0 unspecified atom stereocenters. The van der Waals surface area contributed by atoms with Crippen molar-refractivity contribution in [3.63, 3.8) is 0 Å². The second-order valence-corrected chi connectivity index (χ2v) is 4.35. The Balaban J connectivity index is 2.26. The number of rotatable bonds is 3. The Hall–Kier alpha value is -2.09. The van der Waals surface area contributed by atoms with Crippen molar-refractivity contribution in [3.8, 4) is 0 Å². The highest BCUT2D eigenvalue weighted by molar-refractivity contribution is 8.18. The minimum Gasteiger partial charge on any atom is -0.401 e. The van der Waals surface area contributed by atoms with E-state index >= 15 is 0 Å². The zero-order valence-corrected chi connectivity index (χ0v) is 10.1. The van der Waals surface area contributed by atoms with E-state index in [2.05, 4.69) is 0 Å². The maximum Gasteiger partial charge on any atom is 0.433 e. The van der Waals surface area contributed by atoms with E-state index in [0.717, 1.165) is 16.7 Å². The summed E-state index contributed by atoms with van der Waals surface area (Å²) >= 11 is 0.788. The van der Waals surface area contributed by atoms with Crippen LogP contribution in [0.25, 0.3) is 6.08 Å². The molecule has 94 valence electrons. The van der Waals surface area contributed by atoms with Gasteiger partial charge in [-0.25, -0.2) is 0 Å². The first-order valence-electron chi connectivity index (χ1n) is 5.02. The third-order valence-electron chi connectivity index (χ3n) is 2.26. The fourth-order valence-electron chi connectivity index (χ4n) is 1.42. The van der Waals surface area contributed by atoms with Crippen molar-refractivity contribution in [2.75, 3.05) is 6.54 Å². The van der Waals surface area contributed by atoms with Crippen LogP contribution in [-0.4, -0.2) is 27.5 Å². The lowest BCUT2D eigenvalue weighted by Gasteiger charge is -2.06. The third kappa shape index (κ3) is 2.14. The quantitative estimate of drug-likeness (QED) is 0.474. The van der Waals surface area contributed by atoms with Crippen LogP contribution < -0.4 is 0 Å². The second-order valence-electron chi connectivity index (χ2n) is 3.36. The number of imide groups is 1. The summed E-state index contributed by atoms with van der Waals surface area (Å²) in [5, 5.41) is 10.1. The van der Waals surface area contributed by atoms with Gasteiger partial charge in [-0.15, -0.1) is 0 Å². The summed E-state index contributed by atoms with van der Waals surface area (Å²) in [7, 11) is 0. The first-order chi connectivity index (χ1) is 8.52. The van der Waals surface area contributed by atoms with E-state index in [4.69, 9.17) is 4.42 Å². The molecule has 1 aliphatic rings. The van der Waals surface area contributed by atoms with Crippen LogP contribution in [0.15, 0.2) is 21.5 Å². The maximum absolute atomic E-state index is 11.7. The van der Waals surface area contributed by atoms with Gasteiger partial charge < -0.3 is 4.42 Å². The van der Waals surface area contributed by atoms with Crippen LogP contribution in [-0.2, 0) is 4.79 Å².